The third-order valence-corrected chi connectivity index (χ3v) is 7.89. The Morgan fingerprint density at radius 2 is 1.76 bits per heavy atom. The lowest BCUT2D eigenvalue weighted by atomic mass is 9.78. The van der Waals surface area contributed by atoms with Gasteiger partial charge in [0.25, 0.3) is 0 Å². The molecular formula is C20H18Br2O3. The molecular weight excluding hydrogens is 448 g/mol. The summed E-state index contributed by atoms with van der Waals surface area (Å²) in [6, 6.07) is 13.8. The standard InChI is InChI=1S/C20H18Br2O3/c1-24-15-8-7-13(11-16(15)25-2)17-19(20(17,21)22)10-9-12-5-3-4-6-14(12)18(19)23/h3-8,11,17H,9-10H2,1-2H3/t17-,19+/m1/s1. The molecule has 0 aliphatic heterocycles. The number of ether oxygens (including phenoxy) is 2. The van der Waals surface area contributed by atoms with Crippen molar-refractivity contribution in [3.8, 4) is 11.5 Å². The first kappa shape index (κ1) is 17.1. The van der Waals surface area contributed by atoms with Crippen molar-refractivity contribution in [1.29, 1.82) is 0 Å². The molecule has 0 N–H and O–H groups in total. The number of aryl methyl sites for hydroxylation is 1. The predicted molar refractivity (Wildman–Crippen MR) is 104 cm³/mol. The second-order valence-electron chi connectivity index (χ2n) is 6.63. The smallest absolute Gasteiger partial charge is 0.172 e. The van der Waals surface area contributed by atoms with Gasteiger partial charge in [0.05, 0.1) is 19.6 Å². The van der Waals surface area contributed by atoms with Crippen LogP contribution in [0.5, 0.6) is 11.5 Å². The minimum atomic E-state index is -0.471. The Morgan fingerprint density at radius 1 is 1.04 bits per heavy atom. The Bertz CT molecular complexity index is 862. The Kier molecular flexibility index (Phi) is 4.00. The van der Waals surface area contributed by atoms with Crippen molar-refractivity contribution in [1.82, 2.24) is 0 Å². The molecule has 2 aliphatic rings. The van der Waals surface area contributed by atoms with Crippen LogP contribution in [0.4, 0.5) is 0 Å². The van der Waals surface area contributed by atoms with Gasteiger partial charge < -0.3 is 9.47 Å². The van der Waals surface area contributed by atoms with E-state index in [1.54, 1.807) is 14.2 Å². The molecule has 0 aromatic heterocycles. The summed E-state index contributed by atoms with van der Waals surface area (Å²) in [4.78, 5) is 13.4. The number of methoxy groups -OCH3 is 2. The molecule has 2 aliphatic carbocycles. The van der Waals surface area contributed by atoms with Gasteiger partial charge in [0.15, 0.2) is 17.3 Å². The van der Waals surface area contributed by atoms with Crippen molar-refractivity contribution >= 4 is 37.6 Å². The van der Waals surface area contributed by atoms with Crippen LogP contribution in [0.1, 0.15) is 33.8 Å². The van der Waals surface area contributed by atoms with Crippen molar-refractivity contribution < 1.29 is 14.3 Å². The molecule has 1 fully saturated rings. The van der Waals surface area contributed by atoms with E-state index in [0.717, 1.165) is 29.5 Å². The number of halogens is 2. The van der Waals surface area contributed by atoms with E-state index in [2.05, 4.69) is 37.9 Å². The molecule has 5 heteroatoms. The molecule has 25 heavy (non-hydrogen) atoms. The molecule has 2 aromatic carbocycles. The number of hydrogen-bond acceptors (Lipinski definition) is 3. The SMILES string of the molecule is COc1ccc([C@H]2C(Br)(Br)[C@@]23CCc2ccccc2C3=O)cc1OC. The van der Waals surface area contributed by atoms with E-state index in [-0.39, 0.29) is 11.7 Å². The fraction of sp³-hybridized carbons (Fsp3) is 0.350. The summed E-state index contributed by atoms with van der Waals surface area (Å²) in [6.07, 6.45) is 1.73. The number of carbonyl (C=O) groups is 1. The van der Waals surface area contributed by atoms with E-state index in [4.69, 9.17) is 9.47 Å². The van der Waals surface area contributed by atoms with E-state index in [1.807, 2.05) is 36.4 Å². The molecule has 130 valence electrons. The predicted octanol–water partition coefficient (Wildman–Crippen LogP) is 5.10. The Morgan fingerprint density at radius 3 is 2.48 bits per heavy atom. The van der Waals surface area contributed by atoms with E-state index in [9.17, 15) is 4.79 Å². The highest BCUT2D eigenvalue weighted by Gasteiger charge is 2.79. The van der Waals surface area contributed by atoms with Crippen LogP contribution in [-0.4, -0.2) is 23.2 Å². The second-order valence-corrected chi connectivity index (χ2v) is 10.2. The van der Waals surface area contributed by atoms with Gasteiger partial charge in [-0.1, -0.05) is 62.2 Å². The number of fused-ring (bicyclic) bond motifs is 1. The third-order valence-electron chi connectivity index (χ3n) is 5.56. The number of benzene rings is 2. The topological polar surface area (TPSA) is 35.5 Å². The van der Waals surface area contributed by atoms with Crippen molar-refractivity contribution in [2.24, 2.45) is 5.41 Å². The Hall–Kier alpha value is -1.33. The largest absolute Gasteiger partial charge is 0.493 e. The van der Waals surface area contributed by atoms with Gasteiger partial charge in [-0.05, 0) is 36.1 Å². The zero-order valence-electron chi connectivity index (χ0n) is 14.0. The molecule has 1 saturated carbocycles. The van der Waals surface area contributed by atoms with Crippen LogP contribution >= 0.6 is 31.9 Å². The van der Waals surface area contributed by atoms with Crippen molar-refractivity contribution in [3.63, 3.8) is 0 Å². The number of ketones is 1. The average Bonchev–Trinajstić information content (AvgIpc) is 3.13. The van der Waals surface area contributed by atoms with E-state index in [1.165, 1.54) is 0 Å². The van der Waals surface area contributed by atoms with Crippen LogP contribution in [-0.2, 0) is 6.42 Å². The molecule has 0 radical (unpaired) electrons. The highest BCUT2D eigenvalue weighted by atomic mass is 79.9. The second kappa shape index (κ2) is 5.85. The van der Waals surface area contributed by atoms with Crippen LogP contribution < -0.4 is 9.47 Å². The minimum absolute atomic E-state index is 0.0423. The number of rotatable bonds is 3. The van der Waals surface area contributed by atoms with E-state index in [0.29, 0.717) is 11.5 Å². The number of carbonyl (C=O) groups excluding carboxylic acids is 1. The summed E-state index contributed by atoms with van der Waals surface area (Å²) >= 11 is 7.61. The summed E-state index contributed by atoms with van der Waals surface area (Å²) in [5.41, 5.74) is 2.59. The van der Waals surface area contributed by atoms with Crippen LogP contribution in [0.25, 0.3) is 0 Å². The van der Waals surface area contributed by atoms with Gasteiger partial charge in [-0.3, -0.25) is 4.79 Å². The van der Waals surface area contributed by atoms with Gasteiger partial charge in [0.1, 0.15) is 3.23 Å². The lowest BCUT2D eigenvalue weighted by Gasteiger charge is -2.25. The van der Waals surface area contributed by atoms with Crippen LogP contribution in [0.2, 0.25) is 0 Å². The number of hydrogen-bond donors (Lipinski definition) is 0. The first-order valence-corrected chi connectivity index (χ1v) is 9.78. The normalized spacial score (nSPS) is 26.2. The molecule has 4 rings (SSSR count). The van der Waals surface area contributed by atoms with Gasteiger partial charge in [0.2, 0.25) is 0 Å². The molecule has 0 heterocycles. The van der Waals surface area contributed by atoms with Crippen molar-refractivity contribution in [3.05, 3.63) is 59.2 Å². The van der Waals surface area contributed by atoms with Crippen LogP contribution in [0.15, 0.2) is 42.5 Å². The highest BCUT2D eigenvalue weighted by Crippen LogP contribution is 2.79. The molecule has 0 amide bonds. The zero-order valence-corrected chi connectivity index (χ0v) is 17.2. The molecule has 2 aromatic rings. The van der Waals surface area contributed by atoms with Gasteiger partial charge in [-0.15, -0.1) is 0 Å². The Balaban J connectivity index is 1.77. The maximum absolute atomic E-state index is 13.4. The molecule has 1 spiro atoms. The molecule has 2 atom stereocenters. The number of Topliss-reactive ketones (excluding diaryl/α,β-unsaturated/α-hetero) is 1. The zero-order chi connectivity index (χ0) is 17.8. The van der Waals surface area contributed by atoms with Gasteiger partial charge >= 0.3 is 0 Å². The number of alkyl halides is 2. The molecule has 0 unspecified atom stereocenters. The molecule has 0 bridgehead atoms. The quantitative estimate of drug-likeness (QED) is 0.591. The van der Waals surface area contributed by atoms with E-state index < -0.39 is 8.65 Å². The maximum atomic E-state index is 13.4. The lowest BCUT2D eigenvalue weighted by Crippen LogP contribution is -2.28. The van der Waals surface area contributed by atoms with Gasteiger partial charge in [-0.25, -0.2) is 0 Å². The maximum Gasteiger partial charge on any atom is 0.172 e. The summed E-state index contributed by atoms with van der Waals surface area (Å²) in [5.74, 6) is 1.63. The monoisotopic (exact) mass is 464 g/mol. The molecule has 3 nitrogen and oxygen atoms in total. The summed E-state index contributed by atoms with van der Waals surface area (Å²) in [5, 5.41) is 0. The first-order valence-electron chi connectivity index (χ1n) is 8.20. The fourth-order valence-electron chi connectivity index (χ4n) is 4.22. The van der Waals surface area contributed by atoms with Crippen LogP contribution in [0, 0.1) is 5.41 Å². The Labute approximate surface area is 164 Å². The van der Waals surface area contributed by atoms with Crippen molar-refractivity contribution in [2.75, 3.05) is 14.2 Å². The average molecular weight is 466 g/mol. The summed E-state index contributed by atoms with van der Waals surface area (Å²) in [7, 11) is 3.25. The summed E-state index contributed by atoms with van der Waals surface area (Å²) < 4.78 is 10.3. The van der Waals surface area contributed by atoms with Crippen molar-refractivity contribution in [2.45, 2.75) is 22.0 Å². The van der Waals surface area contributed by atoms with Gasteiger partial charge in [-0.2, -0.15) is 0 Å². The minimum Gasteiger partial charge on any atom is -0.493 e. The third kappa shape index (κ3) is 2.25. The molecule has 0 saturated heterocycles. The lowest BCUT2D eigenvalue weighted by molar-refractivity contribution is 0.0875. The summed E-state index contributed by atoms with van der Waals surface area (Å²) in [6.45, 7) is 0. The highest BCUT2D eigenvalue weighted by molar-refractivity contribution is 9.25. The fourth-order valence-corrected chi connectivity index (χ4v) is 6.52. The van der Waals surface area contributed by atoms with Gasteiger partial charge in [0, 0.05) is 11.5 Å². The van der Waals surface area contributed by atoms with E-state index >= 15 is 0 Å². The van der Waals surface area contributed by atoms with Crippen LogP contribution in [0.3, 0.4) is 0 Å². The first-order chi connectivity index (χ1) is 12.0.